The fourth-order valence-electron chi connectivity index (χ4n) is 2.66. The van der Waals surface area contributed by atoms with Crippen molar-refractivity contribution < 1.29 is 14.3 Å². The summed E-state index contributed by atoms with van der Waals surface area (Å²) < 4.78 is 12.8. The summed E-state index contributed by atoms with van der Waals surface area (Å²) in [6, 6.07) is 7.22. The number of hydrogen-bond donors (Lipinski definition) is 0. The molecule has 2 aromatic heterocycles. The Morgan fingerprint density at radius 3 is 2.91 bits per heavy atom. The summed E-state index contributed by atoms with van der Waals surface area (Å²) in [6.07, 6.45) is 5.64. The van der Waals surface area contributed by atoms with E-state index in [1.807, 2.05) is 6.07 Å². The van der Waals surface area contributed by atoms with Gasteiger partial charge in [-0.1, -0.05) is 0 Å². The number of aromatic nitrogens is 3. The Balaban J connectivity index is 1.50. The smallest absolute Gasteiger partial charge is 0.164 e. The Morgan fingerprint density at radius 2 is 2.00 bits per heavy atom. The lowest BCUT2D eigenvalue weighted by molar-refractivity contribution is 0.0975. The highest BCUT2D eigenvalue weighted by atomic mass is 16.6. The minimum atomic E-state index is 0.0505. The van der Waals surface area contributed by atoms with E-state index in [1.165, 1.54) is 0 Å². The number of carbonyl (C=O) groups excluding carboxylic acids is 1. The third-order valence-corrected chi connectivity index (χ3v) is 3.86. The maximum Gasteiger partial charge on any atom is 0.164 e. The number of fused-ring (bicyclic) bond motifs is 2. The Morgan fingerprint density at radius 1 is 1.13 bits per heavy atom. The molecule has 0 saturated carbocycles. The summed E-state index contributed by atoms with van der Waals surface area (Å²) >= 11 is 0. The molecule has 0 unspecified atom stereocenters. The molecule has 3 heterocycles. The second kappa shape index (κ2) is 5.72. The molecule has 0 N–H and O–H groups in total. The molecule has 0 fully saturated rings. The summed E-state index contributed by atoms with van der Waals surface area (Å²) in [6.45, 7) is 1.57. The van der Waals surface area contributed by atoms with Crippen molar-refractivity contribution in [3.8, 4) is 11.5 Å². The number of Topliss-reactive ketones (excluding diaryl/α,β-unsaturated/α-hetero) is 1. The molecule has 1 aliphatic rings. The minimum absolute atomic E-state index is 0.0505. The van der Waals surface area contributed by atoms with Gasteiger partial charge in [0.2, 0.25) is 0 Å². The second-order valence-corrected chi connectivity index (χ2v) is 5.33. The maximum absolute atomic E-state index is 12.4. The predicted octanol–water partition coefficient (Wildman–Crippen LogP) is 2.48. The third kappa shape index (κ3) is 2.63. The first-order valence-electron chi connectivity index (χ1n) is 7.50. The largest absolute Gasteiger partial charge is 0.486 e. The van der Waals surface area contributed by atoms with Crippen LogP contribution in [-0.4, -0.2) is 33.8 Å². The van der Waals surface area contributed by atoms with Gasteiger partial charge < -0.3 is 9.47 Å². The van der Waals surface area contributed by atoms with Crippen LogP contribution in [0.4, 0.5) is 0 Å². The van der Waals surface area contributed by atoms with Crippen LogP contribution in [0.2, 0.25) is 0 Å². The first-order valence-corrected chi connectivity index (χ1v) is 7.50. The van der Waals surface area contributed by atoms with Crippen molar-refractivity contribution in [2.45, 2.75) is 13.0 Å². The van der Waals surface area contributed by atoms with Gasteiger partial charge in [0.05, 0.1) is 17.9 Å². The van der Waals surface area contributed by atoms with E-state index in [-0.39, 0.29) is 5.78 Å². The Hall–Kier alpha value is -2.89. The predicted molar refractivity (Wildman–Crippen MR) is 83.9 cm³/mol. The van der Waals surface area contributed by atoms with Crippen LogP contribution in [0.3, 0.4) is 0 Å². The highest BCUT2D eigenvalue weighted by Gasteiger charge is 2.15. The van der Waals surface area contributed by atoms with Gasteiger partial charge in [-0.2, -0.15) is 5.10 Å². The molecular formula is C17H15N3O3. The Labute approximate surface area is 132 Å². The topological polar surface area (TPSA) is 66.2 Å². The summed E-state index contributed by atoms with van der Waals surface area (Å²) in [5.74, 6) is 1.38. The van der Waals surface area contributed by atoms with Gasteiger partial charge in [0.25, 0.3) is 0 Å². The standard InChI is InChI=1S/C17H15N3O3/c21-15(12-1-2-16-17(9-12)23-8-7-22-16)4-6-20-14-11-18-5-3-13(14)10-19-20/h1-3,5,9-11H,4,6-8H2. The molecule has 0 radical (unpaired) electrons. The van der Waals surface area contributed by atoms with E-state index in [9.17, 15) is 4.79 Å². The molecule has 3 aromatic rings. The maximum atomic E-state index is 12.4. The van der Waals surface area contributed by atoms with Crippen molar-refractivity contribution in [3.05, 3.63) is 48.4 Å². The van der Waals surface area contributed by atoms with E-state index in [4.69, 9.17) is 9.47 Å². The molecule has 0 bridgehead atoms. The van der Waals surface area contributed by atoms with Crippen molar-refractivity contribution in [1.29, 1.82) is 0 Å². The first kappa shape index (κ1) is 13.8. The van der Waals surface area contributed by atoms with Crippen LogP contribution in [0.1, 0.15) is 16.8 Å². The van der Waals surface area contributed by atoms with E-state index in [0.717, 1.165) is 10.9 Å². The number of carbonyl (C=O) groups is 1. The summed E-state index contributed by atoms with van der Waals surface area (Å²) in [4.78, 5) is 16.5. The van der Waals surface area contributed by atoms with Crippen LogP contribution in [0.15, 0.2) is 42.9 Å². The SMILES string of the molecule is O=C(CCn1ncc2ccncc21)c1ccc2c(c1)OCCO2. The molecule has 1 aliphatic heterocycles. The minimum Gasteiger partial charge on any atom is -0.486 e. The van der Waals surface area contributed by atoms with E-state index in [2.05, 4.69) is 10.1 Å². The number of hydrogen-bond acceptors (Lipinski definition) is 5. The molecule has 116 valence electrons. The van der Waals surface area contributed by atoms with Crippen LogP contribution < -0.4 is 9.47 Å². The van der Waals surface area contributed by atoms with E-state index in [0.29, 0.717) is 43.2 Å². The molecule has 6 nitrogen and oxygen atoms in total. The Bertz CT molecular complexity index is 872. The number of ether oxygens (including phenoxy) is 2. The van der Waals surface area contributed by atoms with Gasteiger partial charge in [-0.3, -0.25) is 14.5 Å². The van der Waals surface area contributed by atoms with Gasteiger partial charge >= 0.3 is 0 Å². The number of nitrogens with zero attached hydrogens (tertiary/aromatic N) is 3. The lowest BCUT2D eigenvalue weighted by atomic mass is 10.1. The molecule has 1 aromatic carbocycles. The van der Waals surface area contributed by atoms with E-state index < -0.39 is 0 Å². The van der Waals surface area contributed by atoms with Crippen LogP contribution in [0, 0.1) is 0 Å². The fourth-order valence-corrected chi connectivity index (χ4v) is 2.66. The third-order valence-electron chi connectivity index (χ3n) is 3.86. The second-order valence-electron chi connectivity index (χ2n) is 5.33. The lowest BCUT2D eigenvalue weighted by Crippen LogP contribution is -2.16. The molecule has 4 rings (SSSR count). The van der Waals surface area contributed by atoms with Crippen LogP contribution in [-0.2, 0) is 6.54 Å². The van der Waals surface area contributed by atoms with Crippen molar-refractivity contribution >= 4 is 16.7 Å². The fraction of sp³-hybridized carbons (Fsp3) is 0.235. The zero-order valence-corrected chi connectivity index (χ0v) is 12.4. The summed E-state index contributed by atoms with van der Waals surface area (Å²) in [5, 5.41) is 5.33. The number of pyridine rings is 1. The molecule has 0 spiro atoms. The first-order chi connectivity index (χ1) is 11.3. The molecule has 23 heavy (non-hydrogen) atoms. The van der Waals surface area contributed by atoms with E-state index in [1.54, 1.807) is 41.5 Å². The van der Waals surface area contributed by atoms with Gasteiger partial charge in [0.15, 0.2) is 17.3 Å². The Kier molecular flexibility index (Phi) is 3.42. The normalized spacial score (nSPS) is 13.2. The number of rotatable bonds is 4. The lowest BCUT2D eigenvalue weighted by Gasteiger charge is -2.18. The zero-order valence-electron chi connectivity index (χ0n) is 12.4. The van der Waals surface area contributed by atoms with Gasteiger partial charge in [0.1, 0.15) is 13.2 Å². The van der Waals surface area contributed by atoms with Crippen molar-refractivity contribution in [3.63, 3.8) is 0 Å². The highest BCUT2D eigenvalue weighted by molar-refractivity contribution is 5.96. The van der Waals surface area contributed by atoms with Crippen LogP contribution in [0.5, 0.6) is 11.5 Å². The summed E-state index contributed by atoms with van der Waals surface area (Å²) in [7, 11) is 0. The molecule has 6 heteroatoms. The van der Waals surface area contributed by atoms with Crippen molar-refractivity contribution in [1.82, 2.24) is 14.8 Å². The molecule has 0 aliphatic carbocycles. The van der Waals surface area contributed by atoms with Gasteiger partial charge in [-0.25, -0.2) is 0 Å². The van der Waals surface area contributed by atoms with Gasteiger partial charge in [-0.05, 0) is 24.3 Å². The van der Waals surface area contributed by atoms with E-state index >= 15 is 0 Å². The zero-order chi connectivity index (χ0) is 15.6. The average Bonchev–Trinajstić information content (AvgIpc) is 3.02. The van der Waals surface area contributed by atoms with Crippen LogP contribution >= 0.6 is 0 Å². The average molecular weight is 309 g/mol. The molecule has 0 saturated heterocycles. The quantitative estimate of drug-likeness (QED) is 0.693. The number of ketones is 1. The van der Waals surface area contributed by atoms with Crippen LogP contribution in [0.25, 0.3) is 10.9 Å². The van der Waals surface area contributed by atoms with Gasteiger partial charge in [0, 0.05) is 30.1 Å². The molecular weight excluding hydrogens is 294 g/mol. The van der Waals surface area contributed by atoms with Crippen molar-refractivity contribution in [2.75, 3.05) is 13.2 Å². The highest BCUT2D eigenvalue weighted by Crippen LogP contribution is 2.31. The monoisotopic (exact) mass is 309 g/mol. The van der Waals surface area contributed by atoms with Gasteiger partial charge in [-0.15, -0.1) is 0 Å². The molecule has 0 amide bonds. The molecule has 0 atom stereocenters. The summed E-state index contributed by atoms with van der Waals surface area (Å²) in [5.41, 5.74) is 1.56. The number of aryl methyl sites for hydroxylation is 1. The number of benzene rings is 1. The van der Waals surface area contributed by atoms with Crippen molar-refractivity contribution in [2.24, 2.45) is 0 Å².